The minimum Gasteiger partial charge on any atom is -0.386 e. The van der Waals surface area contributed by atoms with Crippen LogP contribution in [0.15, 0.2) is 60.7 Å². The van der Waals surface area contributed by atoms with Gasteiger partial charge in [-0.25, -0.2) is 0 Å². The molecule has 2 aromatic carbocycles. The van der Waals surface area contributed by atoms with E-state index in [9.17, 15) is 5.11 Å². The van der Waals surface area contributed by atoms with Gasteiger partial charge in [-0.3, -0.25) is 0 Å². The van der Waals surface area contributed by atoms with Crippen molar-refractivity contribution < 1.29 is 5.11 Å². The molecule has 0 fully saturated rings. The Labute approximate surface area is 126 Å². The zero-order valence-corrected chi connectivity index (χ0v) is 12.3. The van der Waals surface area contributed by atoms with Gasteiger partial charge in [0.2, 0.25) is 0 Å². The lowest BCUT2D eigenvalue weighted by atomic mass is 9.95. The number of nitrogens with two attached hydrogens (primary N) is 1. The fourth-order valence-corrected chi connectivity index (χ4v) is 2.44. The molecule has 0 aliphatic carbocycles. The maximum Gasteiger partial charge on any atom is 0.0984 e. The molecule has 0 aliphatic rings. The van der Waals surface area contributed by atoms with Gasteiger partial charge < -0.3 is 16.2 Å². The molecule has 0 radical (unpaired) electrons. The second-order valence-electron chi connectivity index (χ2n) is 5.19. The summed E-state index contributed by atoms with van der Waals surface area (Å²) in [4.78, 5) is 0. The van der Waals surface area contributed by atoms with E-state index in [0.717, 1.165) is 30.5 Å². The van der Waals surface area contributed by atoms with Crippen molar-refractivity contribution in [2.24, 2.45) is 5.73 Å². The maximum absolute atomic E-state index is 10.7. The molecule has 3 heteroatoms. The highest BCUT2D eigenvalue weighted by Gasteiger charge is 2.21. The average molecular weight is 284 g/mol. The van der Waals surface area contributed by atoms with Crippen molar-refractivity contribution in [1.29, 1.82) is 0 Å². The van der Waals surface area contributed by atoms with Crippen LogP contribution in [0.3, 0.4) is 0 Å². The van der Waals surface area contributed by atoms with E-state index in [2.05, 4.69) is 5.32 Å². The summed E-state index contributed by atoms with van der Waals surface area (Å²) in [5.74, 6) is 0. The molecule has 0 heterocycles. The predicted octanol–water partition coefficient (Wildman–Crippen LogP) is 2.79. The number of aliphatic hydroxyl groups is 1. The summed E-state index contributed by atoms with van der Waals surface area (Å²) in [7, 11) is 0. The topological polar surface area (TPSA) is 58.3 Å². The van der Waals surface area contributed by atoms with E-state index < -0.39 is 6.10 Å². The van der Waals surface area contributed by atoms with Gasteiger partial charge in [-0.05, 0) is 37.1 Å². The standard InChI is InChI=1S/C18H24N2O/c19-13-7-8-14-20-17(15-9-3-1-4-10-15)18(21)16-11-5-2-6-12-16/h1-6,9-12,17-18,20-21H,7-8,13-14,19H2/t17-,18+/m0/s1. The molecule has 3 nitrogen and oxygen atoms in total. The van der Waals surface area contributed by atoms with Crippen molar-refractivity contribution in [2.75, 3.05) is 13.1 Å². The first-order chi connectivity index (χ1) is 10.3. The van der Waals surface area contributed by atoms with Crippen LogP contribution in [0, 0.1) is 0 Å². The molecule has 2 rings (SSSR count). The van der Waals surface area contributed by atoms with Crippen LogP contribution < -0.4 is 11.1 Å². The molecule has 0 aromatic heterocycles. The highest BCUT2D eigenvalue weighted by molar-refractivity contribution is 5.26. The molecule has 112 valence electrons. The molecule has 0 unspecified atom stereocenters. The third-order valence-corrected chi connectivity index (χ3v) is 3.61. The SMILES string of the molecule is NCCCCN[C@@H](c1ccccc1)[C@H](O)c1ccccc1. The number of unbranched alkanes of at least 4 members (excludes halogenated alkanes) is 1. The number of hydrogen-bond donors (Lipinski definition) is 3. The van der Waals surface area contributed by atoms with Gasteiger partial charge >= 0.3 is 0 Å². The number of rotatable bonds is 8. The number of hydrogen-bond acceptors (Lipinski definition) is 3. The van der Waals surface area contributed by atoms with Crippen molar-refractivity contribution in [3.05, 3.63) is 71.8 Å². The second kappa shape index (κ2) is 8.57. The van der Waals surface area contributed by atoms with Gasteiger partial charge in [0, 0.05) is 0 Å². The molecule has 0 amide bonds. The highest BCUT2D eigenvalue weighted by atomic mass is 16.3. The highest BCUT2D eigenvalue weighted by Crippen LogP contribution is 2.28. The van der Waals surface area contributed by atoms with Gasteiger partial charge in [0.1, 0.15) is 0 Å². The van der Waals surface area contributed by atoms with E-state index in [4.69, 9.17) is 5.73 Å². The molecule has 0 aliphatic heterocycles. The molecular weight excluding hydrogens is 260 g/mol. The third kappa shape index (κ3) is 4.67. The Morgan fingerprint density at radius 1 is 0.857 bits per heavy atom. The van der Waals surface area contributed by atoms with Crippen LogP contribution in [0.2, 0.25) is 0 Å². The summed E-state index contributed by atoms with van der Waals surface area (Å²) in [5, 5.41) is 14.2. The van der Waals surface area contributed by atoms with Crippen LogP contribution in [0.1, 0.15) is 36.1 Å². The lowest BCUT2D eigenvalue weighted by Gasteiger charge is -2.25. The van der Waals surface area contributed by atoms with E-state index >= 15 is 0 Å². The van der Waals surface area contributed by atoms with E-state index in [-0.39, 0.29) is 6.04 Å². The minimum atomic E-state index is -0.563. The van der Waals surface area contributed by atoms with Gasteiger partial charge in [-0.1, -0.05) is 60.7 Å². The molecule has 0 saturated heterocycles. The van der Waals surface area contributed by atoms with E-state index in [1.807, 2.05) is 60.7 Å². The second-order valence-corrected chi connectivity index (χ2v) is 5.19. The molecule has 2 aromatic rings. The third-order valence-electron chi connectivity index (χ3n) is 3.61. The van der Waals surface area contributed by atoms with Crippen LogP contribution in [0.4, 0.5) is 0 Å². The normalized spacial score (nSPS) is 13.8. The minimum absolute atomic E-state index is 0.105. The molecule has 0 saturated carbocycles. The lowest BCUT2D eigenvalue weighted by Crippen LogP contribution is -2.28. The first-order valence-electron chi connectivity index (χ1n) is 7.54. The van der Waals surface area contributed by atoms with Crippen molar-refractivity contribution >= 4 is 0 Å². The largest absolute Gasteiger partial charge is 0.386 e. The summed E-state index contributed by atoms with van der Waals surface area (Å²) >= 11 is 0. The molecular formula is C18H24N2O. The summed E-state index contributed by atoms with van der Waals surface area (Å²) in [6, 6.07) is 19.8. The average Bonchev–Trinajstić information content (AvgIpc) is 2.56. The Morgan fingerprint density at radius 2 is 1.43 bits per heavy atom. The van der Waals surface area contributed by atoms with Crippen molar-refractivity contribution in [3.8, 4) is 0 Å². The number of aliphatic hydroxyl groups excluding tert-OH is 1. The smallest absolute Gasteiger partial charge is 0.0984 e. The fourth-order valence-electron chi connectivity index (χ4n) is 2.44. The van der Waals surface area contributed by atoms with Gasteiger partial charge in [-0.15, -0.1) is 0 Å². The van der Waals surface area contributed by atoms with Gasteiger partial charge in [0.05, 0.1) is 12.1 Å². The Balaban J connectivity index is 2.11. The lowest BCUT2D eigenvalue weighted by molar-refractivity contribution is 0.128. The van der Waals surface area contributed by atoms with E-state index in [1.54, 1.807) is 0 Å². The Hall–Kier alpha value is -1.68. The van der Waals surface area contributed by atoms with Crippen LogP contribution in [-0.2, 0) is 0 Å². The summed E-state index contributed by atoms with van der Waals surface area (Å²) < 4.78 is 0. The summed E-state index contributed by atoms with van der Waals surface area (Å²) in [6.45, 7) is 1.56. The van der Waals surface area contributed by atoms with Gasteiger partial charge in [-0.2, -0.15) is 0 Å². The predicted molar refractivity (Wildman–Crippen MR) is 86.9 cm³/mol. The van der Waals surface area contributed by atoms with Crippen LogP contribution >= 0.6 is 0 Å². The summed E-state index contributed by atoms with van der Waals surface area (Å²) in [6.07, 6.45) is 1.45. The summed E-state index contributed by atoms with van der Waals surface area (Å²) in [5.41, 5.74) is 7.56. The number of benzene rings is 2. The Bertz CT molecular complexity index is 501. The first-order valence-corrected chi connectivity index (χ1v) is 7.54. The molecule has 2 atom stereocenters. The van der Waals surface area contributed by atoms with Gasteiger partial charge in [0.25, 0.3) is 0 Å². The van der Waals surface area contributed by atoms with Crippen LogP contribution in [0.5, 0.6) is 0 Å². The van der Waals surface area contributed by atoms with Crippen molar-refractivity contribution in [2.45, 2.75) is 25.0 Å². The van der Waals surface area contributed by atoms with E-state index in [1.165, 1.54) is 0 Å². The van der Waals surface area contributed by atoms with Gasteiger partial charge in [0.15, 0.2) is 0 Å². The van der Waals surface area contributed by atoms with Crippen molar-refractivity contribution in [1.82, 2.24) is 5.32 Å². The number of nitrogens with one attached hydrogen (secondary N) is 1. The molecule has 21 heavy (non-hydrogen) atoms. The fraction of sp³-hybridized carbons (Fsp3) is 0.333. The Morgan fingerprint density at radius 3 is 2.00 bits per heavy atom. The van der Waals surface area contributed by atoms with E-state index in [0.29, 0.717) is 6.54 Å². The van der Waals surface area contributed by atoms with Crippen LogP contribution in [0.25, 0.3) is 0 Å². The monoisotopic (exact) mass is 284 g/mol. The Kier molecular flexibility index (Phi) is 6.41. The molecule has 4 N–H and O–H groups in total. The maximum atomic E-state index is 10.7. The quantitative estimate of drug-likeness (QED) is 0.653. The molecule has 0 bridgehead atoms. The van der Waals surface area contributed by atoms with Crippen LogP contribution in [-0.4, -0.2) is 18.2 Å². The molecule has 0 spiro atoms. The zero-order chi connectivity index (χ0) is 14.9. The first kappa shape index (κ1) is 15.7. The van der Waals surface area contributed by atoms with Crippen molar-refractivity contribution in [3.63, 3.8) is 0 Å². The zero-order valence-electron chi connectivity index (χ0n) is 12.3.